The number of hydrogen-bond donors (Lipinski definition) is 0. The zero-order chi connectivity index (χ0) is 14.3. The van der Waals surface area contributed by atoms with Crippen LogP contribution in [0, 0.1) is 3.70 Å². The Morgan fingerprint density at radius 3 is 2.55 bits per heavy atom. The molecule has 0 bridgehead atoms. The standard InChI is InChI=1S/C13H8ClIN2O2S/c14-11-8-16-7-9-6-12(15)17(13(9)11)20(18,19)10-4-2-1-3-5-10/h1-8H. The molecule has 0 aliphatic carbocycles. The molecule has 0 saturated heterocycles. The summed E-state index contributed by atoms with van der Waals surface area (Å²) in [5, 5.41) is 1.01. The molecule has 20 heavy (non-hydrogen) atoms. The number of aromatic nitrogens is 2. The van der Waals surface area contributed by atoms with Gasteiger partial charge < -0.3 is 0 Å². The summed E-state index contributed by atoms with van der Waals surface area (Å²) in [6.07, 6.45) is 3.04. The zero-order valence-electron chi connectivity index (χ0n) is 9.99. The molecule has 0 amide bonds. The van der Waals surface area contributed by atoms with Gasteiger partial charge in [0, 0.05) is 17.8 Å². The van der Waals surface area contributed by atoms with E-state index in [4.69, 9.17) is 11.6 Å². The molecule has 0 aliphatic heterocycles. The maximum absolute atomic E-state index is 12.8. The fourth-order valence-electron chi connectivity index (χ4n) is 1.99. The predicted octanol–water partition coefficient (Wildman–Crippen LogP) is 3.53. The van der Waals surface area contributed by atoms with Crippen LogP contribution in [0.4, 0.5) is 0 Å². The summed E-state index contributed by atoms with van der Waals surface area (Å²) in [5.74, 6) is 0. The first-order valence-electron chi connectivity index (χ1n) is 5.63. The van der Waals surface area contributed by atoms with Crippen LogP contribution < -0.4 is 0 Å². The Hall–Kier alpha value is -1.12. The van der Waals surface area contributed by atoms with Crippen LogP contribution in [0.2, 0.25) is 5.02 Å². The number of halogens is 2. The Morgan fingerprint density at radius 1 is 1.15 bits per heavy atom. The Labute approximate surface area is 134 Å². The van der Waals surface area contributed by atoms with Crippen LogP contribution >= 0.6 is 34.2 Å². The van der Waals surface area contributed by atoms with Crippen molar-refractivity contribution < 1.29 is 8.42 Å². The van der Waals surface area contributed by atoms with Gasteiger partial charge in [0.1, 0.15) is 0 Å². The molecule has 2 aromatic heterocycles. The molecular weight excluding hydrogens is 411 g/mol. The van der Waals surface area contributed by atoms with E-state index in [0.717, 1.165) is 0 Å². The normalized spacial score (nSPS) is 11.9. The summed E-state index contributed by atoms with van der Waals surface area (Å²) in [7, 11) is -3.68. The molecular formula is C13H8ClIN2O2S. The molecule has 7 heteroatoms. The highest BCUT2D eigenvalue weighted by atomic mass is 127. The monoisotopic (exact) mass is 418 g/mol. The van der Waals surface area contributed by atoms with Crippen molar-refractivity contribution in [2.75, 3.05) is 0 Å². The van der Waals surface area contributed by atoms with E-state index in [2.05, 4.69) is 4.98 Å². The third-order valence-electron chi connectivity index (χ3n) is 2.85. The maximum Gasteiger partial charge on any atom is 0.269 e. The van der Waals surface area contributed by atoms with Gasteiger partial charge in [0.25, 0.3) is 10.0 Å². The molecule has 2 heterocycles. The van der Waals surface area contributed by atoms with Crippen molar-refractivity contribution in [1.82, 2.24) is 8.96 Å². The number of pyridine rings is 1. The highest BCUT2D eigenvalue weighted by Gasteiger charge is 2.23. The average Bonchev–Trinajstić information content (AvgIpc) is 2.78. The molecule has 0 N–H and O–H groups in total. The fraction of sp³-hybridized carbons (Fsp3) is 0. The third kappa shape index (κ3) is 2.11. The van der Waals surface area contributed by atoms with Crippen molar-refractivity contribution in [3.8, 4) is 0 Å². The van der Waals surface area contributed by atoms with Crippen LogP contribution in [0.5, 0.6) is 0 Å². The van der Waals surface area contributed by atoms with E-state index >= 15 is 0 Å². The van der Waals surface area contributed by atoms with Crippen molar-refractivity contribution in [3.05, 3.63) is 57.5 Å². The lowest BCUT2D eigenvalue weighted by atomic mass is 10.3. The van der Waals surface area contributed by atoms with E-state index in [0.29, 0.717) is 19.6 Å². The van der Waals surface area contributed by atoms with Crippen LogP contribution in [0.15, 0.2) is 53.7 Å². The van der Waals surface area contributed by atoms with Crippen molar-refractivity contribution in [3.63, 3.8) is 0 Å². The number of fused-ring (bicyclic) bond motifs is 1. The van der Waals surface area contributed by atoms with E-state index in [1.807, 2.05) is 22.6 Å². The number of rotatable bonds is 2. The first-order valence-corrected chi connectivity index (χ1v) is 8.52. The first kappa shape index (κ1) is 13.8. The van der Waals surface area contributed by atoms with Crippen LogP contribution in [0.3, 0.4) is 0 Å². The van der Waals surface area contributed by atoms with E-state index in [-0.39, 0.29) is 4.90 Å². The van der Waals surface area contributed by atoms with Crippen molar-refractivity contribution >= 4 is 55.1 Å². The first-order chi connectivity index (χ1) is 9.51. The van der Waals surface area contributed by atoms with Gasteiger partial charge in [-0.3, -0.25) is 4.98 Å². The van der Waals surface area contributed by atoms with Crippen LogP contribution in [-0.2, 0) is 10.0 Å². The average molecular weight is 419 g/mol. The summed E-state index contributed by atoms with van der Waals surface area (Å²) in [6.45, 7) is 0. The zero-order valence-corrected chi connectivity index (χ0v) is 13.7. The largest absolute Gasteiger partial charge is 0.269 e. The van der Waals surface area contributed by atoms with Gasteiger partial charge in [-0.1, -0.05) is 29.8 Å². The van der Waals surface area contributed by atoms with E-state index in [9.17, 15) is 8.42 Å². The molecule has 0 atom stereocenters. The Bertz CT molecular complexity index is 891. The molecule has 0 spiro atoms. The Morgan fingerprint density at radius 2 is 1.85 bits per heavy atom. The molecule has 3 aromatic rings. The summed E-state index contributed by atoms with van der Waals surface area (Å²) in [5.41, 5.74) is 0.454. The highest BCUT2D eigenvalue weighted by Crippen LogP contribution is 2.30. The van der Waals surface area contributed by atoms with Gasteiger partial charge in [-0.05, 0) is 40.8 Å². The second-order valence-corrected chi connectivity index (χ2v) is 7.41. The second-order valence-electron chi connectivity index (χ2n) is 4.11. The molecule has 0 fully saturated rings. The fourth-order valence-corrected chi connectivity index (χ4v) is 5.08. The SMILES string of the molecule is O=S(=O)(c1ccccc1)n1c(I)cc2cncc(Cl)c21. The van der Waals surface area contributed by atoms with Crippen LogP contribution in [0.25, 0.3) is 10.9 Å². The molecule has 0 aliphatic rings. The van der Waals surface area contributed by atoms with Crippen LogP contribution in [-0.4, -0.2) is 17.4 Å². The minimum Gasteiger partial charge on any atom is -0.262 e. The Kier molecular flexibility index (Phi) is 3.47. The maximum atomic E-state index is 12.8. The van der Waals surface area contributed by atoms with Gasteiger partial charge >= 0.3 is 0 Å². The van der Waals surface area contributed by atoms with Gasteiger partial charge in [-0.2, -0.15) is 0 Å². The summed E-state index contributed by atoms with van der Waals surface area (Å²) < 4.78 is 27.3. The highest BCUT2D eigenvalue weighted by molar-refractivity contribution is 14.1. The van der Waals surface area contributed by atoms with Crippen molar-refractivity contribution in [2.24, 2.45) is 0 Å². The van der Waals surface area contributed by atoms with Gasteiger partial charge in [-0.25, -0.2) is 12.4 Å². The topological polar surface area (TPSA) is 52.0 Å². The number of nitrogens with zero attached hydrogens (tertiary/aromatic N) is 2. The predicted molar refractivity (Wildman–Crippen MR) is 86.5 cm³/mol. The van der Waals surface area contributed by atoms with Crippen molar-refractivity contribution in [2.45, 2.75) is 4.90 Å². The molecule has 102 valence electrons. The Balaban J connectivity index is 2.38. The van der Waals surface area contributed by atoms with Gasteiger partial charge in [0.2, 0.25) is 0 Å². The van der Waals surface area contributed by atoms with Crippen molar-refractivity contribution in [1.29, 1.82) is 0 Å². The lowest BCUT2D eigenvalue weighted by molar-refractivity contribution is 0.588. The third-order valence-corrected chi connectivity index (χ3v) is 5.98. The molecule has 1 aromatic carbocycles. The smallest absolute Gasteiger partial charge is 0.262 e. The lowest BCUT2D eigenvalue weighted by Gasteiger charge is -2.09. The van der Waals surface area contributed by atoms with E-state index < -0.39 is 10.0 Å². The lowest BCUT2D eigenvalue weighted by Crippen LogP contribution is -2.14. The number of benzene rings is 1. The number of hydrogen-bond acceptors (Lipinski definition) is 3. The summed E-state index contributed by atoms with van der Waals surface area (Å²) in [4.78, 5) is 4.20. The van der Waals surface area contributed by atoms with Gasteiger partial charge in [0.15, 0.2) is 0 Å². The summed E-state index contributed by atoms with van der Waals surface area (Å²) >= 11 is 8.10. The minimum absolute atomic E-state index is 0.225. The second kappa shape index (κ2) is 5.01. The summed E-state index contributed by atoms with van der Waals surface area (Å²) in [6, 6.07) is 10.0. The quantitative estimate of drug-likeness (QED) is 0.598. The molecule has 0 radical (unpaired) electrons. The molecule has 3 rings (SSSR count). The van der Waals surface area contributed by atoms with Gasteiger partial charge in [0.05, 0.1) is 19.1 Å². The minimum atomic E-state index is -3.68. The van der Waals surface area contributed by atoms with Gasteiger partial charge in [-0.15, -0.1) is 0 Å². The molecule has 0 unspecified atom stereocenters. The van der Waals surface area contributed by atoms with E-state index in [1.165, 1.54) is 10.2 Å². The van der Waals surface area contributed by atoms with Crippen LogP contribution in [0.1, 0.15) is 0 Å². The molecule has 0 saturated carbocycles. The molecule has 4 nitrogen and oxygen atoms in total. The van der Waals surface area contributed by atoms with E-state index in [1.54, 1.807) is 42.6 Å².